The summed E-state index contributed by atoms with van der Waals surface area (Å²) < 4.78 is 0. The van der Waals surface area contributed by atoms with Gasteiger partial charge in [0.15, 0.2) is 0 Å². The van der Waals surface area contributed by atoms with Crippen LogP contribution in [-0.2, 0) is 5.41 Å². The zero-order valence-electron chi connectivity index (χ0n) is 15.2. The smallest absolute Gasteiger partial charge is 0.0823 e. The van der Waals surface area contributed by atoms with E-state index in [1.165, 1.54) is 37.7 Å². The van der Waals surface area contributed by atoms with Gasteiger partial charge in [-0.15, -0.1) is 0 Å². The van der Waals surface area contributed by atoms with Crippen molar-refractivity contribution < 1.29 is 0 Å². The Hall–Kier alpha value is -1.33. The summed E-state index contributed by atoms with van der Waals surface area (Å²) in [6.45, 7) is 0. The van der Waals surface area contributed by atoms with Crippen LogP contribution in [0.1, 0.15) is 63.4 Å². The molecule has 4 bridgehead atoms. The lowest BCUT2D eigenvalue weighted by molar-refractivity contribution is -0.0198. The van der Waals surface area contributed by atoms with Crippen molar-refractivity contribution in [3.05, 3.63) is 35.9 Å². The van der Waals surface area contributed by atoms with Gasteiger partial charge in [0.2, 0.25) is 0 Å². The van der Waals surface area contributed by atoms with Crippen molar-refractivity contribution in [1.29, 1.82) is 5.26 Å². The average molecular weight is 335 g/mol. The highest BCUT2D eigenvalue weighted by Crippen LogP contribution is 2.54. The van der Waals surface area contributed by atoms with Crippen LogP contribution in [0, 0.1) is 35.0 Å². The summed E-state index contributed by atoms with van der Waals surface area (Å²) in [7, 11) is 0. The minimum atomic E-state index is -0.247. The molecular weight excluding hydrogens is 304 g/mol. The van der Waals surface area contributed by atoms with E-state index in [9.17, 15) is 5.26 Å². The largest absolute Gasteiger partial charge is 0.311 e. The van der Waals surface area contributed by atoms with Gasteiger partial charge in [0, 0.05) is 12.1 Å². The molecule has 5 saturated carbocycles. The summed E-state index contributed by atoms with van der Waals surface area (Å²) in [6, 6.07) is 14.6. The standard InChI is InChI=1S/C23H30N2/c24-15-23(20-4-2-1-3-5-20)8-6-21(7-9-23)25-22-18-11-16-10-17(13-18)14-19(22)12-16/h1-5,16-19,21-22,25H,6-14H2. The Kier molecular flexibility index (Phi) is 3.90. The Balaban J connectivity index is 1.25. The summed E-state index contributed by atoms with van der Waals surface area (Å²) in [5, 5.41) is 14.0. The summed E-state index contributed by atoms with van der Waals surface area (Å²) in [4.78, 5) is 0. The van der Waals surface area contributed by atoms with E-state index in [4.69, 9.17) is 0 Å². The number of benzene rings is 1. The molecule has 0 amide bonds. The Morgan fingerprint density at radius 2 is 1.48 bits per heavy atom. The molecule has 1 N–H and O–H groups in total. The fraction of sp³-hybridized carbons (Fsp3) is 0.696. The van der Waals surface area contributed by atoms with Crippen LogP contribution < -0.4 is 5.32 Å². The van der Waals surface area contributed by atoms with Gasteiger partial charge in [-0.25, -0.2) is 0 Å². The van der Waals surface area contributed by atoms with Gasteiger partial charge in [0.25, 0.3) is 0 Å². The summed E-state index contributed by atoms with van der Waals surface area (Å²) in [5.74, 6) is 4.01. The molecule has 0 saturated heterocycles. The molecule has 0 aromatic heterocycles. The van der Waals surface area contributed by atoms with Crippen LogP contribution >= 0.6 is 0 Å². The number of nitrogens with one attached hydrogen (secondary N) is 1. The molecule has 25 heavy (non-hydrogen) atoms. The topological polar surface area (TPSA) is 35.8 Å². The van der Waals surface area contributed by atoms with E-state index in [0.717, 1.165) is 55.4 Å². The second kappa shape index (κ2) is 6.13. The molecule has 1 aromatic carbocycles. The molecule has 5 fully saturated rings. The maximum atomic E-state index is 9.90. The Bertz CT molecular complexity index is 622. The molecule has 132 valence electrons. The van der Waals surface area contributed by atoms with Crippen LogP contribution in [0.4, 0.5) is 0 Å². The van der Waals surface area contributed by atoms with E-state index in [1.54, 1.807) is 0 Å². The molecule has 0 heterocycles. The zero-order chi connectivity index (χ0) is 16.9. The summed E-state index contributed by atoms with van der Waals surface area (Å²) in [5.41, 5.74) is 0.981. The van der Waals surface area contributed by atoms with Gasteiger partial charge in [-0.1, -0.05) is 30.3 Å². The SMILES string of the molecule is N#CC1(c2ccccc2)CCC(NC2C3CC4CC(C3)CC2C4)CC1. The fourth-order valence-electron chi connectivity index (χ4n) is 6.97. The first-order valence-corrected chi connectivity index (χ1v) is 10.5. The van der Waals surface area contributed by atoms with Gasteiger partial charge in [0.05, 0.1) is 11.5 Å². The maximum Gasteiger partial charge on any atom is 0.0823 e. The first-order chi connectivity index (χ1) is 12.3. The second-order valence-electron chi connectivity index (χ2n) is 9.46. The van der Waals surface area contributed by atoms with Crippen molar-refractivity contribution >= 4 is 0 Å². The lowest BCUT2D eigenvalue weighted by Crippen LogP contribution is -2.57. The molecule has 6 rings (SSSR count). The maximum absolute atomic E-state index is 9.90. The Labute approximate surface area is 152 Å². The zero-order valence-corrected chi connectivity index (χ0v) is 15.2. The Morgan fingerprint density at radius 3 is 2.04 bits per heavy atom. The minimum absolute atomic E-state index is 0.247. The van der Waals surface area contributed by atoms with E-state index in [2.05, 4.69) is 35.7 Å². The van der Waals surface area contributed by atoms with Gasteiger partial charge in [-0.05, 0) is 87.0 Å². The quantitative estimate of drug-likeness (QED) is 0.861. The third kappa shape index (κ3) is 2.72. The van der Waals surface area contributed by atoms with E-state index in [-0.39, 0.29) is 5.41 Å². The molecule has 0 spiro atoms. The van der Waals surface area contributed by atoms with Crippen LogP contribution in [0.2, 0.25) is 0 Å². The molecule has 1 aromatic rings. The van der Waals surface area contributed by atoms with Crippen LogP contribution in [0.3, 0.4) is 0 Å². The van der Waals surface area contributed by atoms with Crippen LogP contribution in [0.5, 0.6) is 0 Å². The molecule has 2 heteroatoms. The lowest BCUT2D eigenvalue weighted by Gasteiger charge is -2.55. The number of nitrogens with zero attached hydrogens (tertiary/aromatic N) is 1. The van der Waals surface area contributed by atoms with Gasteiger partial charge >= 0.3 is 0 Å². The number of nitriles is 1. The van der Waals surface area contributed by atoms with Gasteiger partial charge in [-0.2, -0.15) is 5.26 Å². The predicted octanol–water partition coefficient (Wildman–Crippen LogP) is 4.80. The first-order valence-electron chi connectivity index (χ1n) is 10.5. The molecule has 2 nitrogen and oxygen atoms in total. The van der Waals surface area contributed by atoms with Crippen molar-refractivity contribution in [1.82, 2.24) is 5.32 Å². The monoisotopic (exact) mass is 334 g/mol. The van der Waals surface area contributed by atoms with E-state index < -0.39 is 0 Å². The average Bonchev–Trinajstić information content (AvgIpc) is 2.65. The van der Waals surface area contributed by atoms with Gasteiger partial charge in [0.1, 0.15) is 0 Å². The minimum Gasteiger partial charge on any atom is -0.311 e. The highest BCUT2D eigenvalue weighted by atomic mass is 15.0. The predicted molar refractivity (Wildman–Crippen MR) is 100.0 cm³/mol. The molecule has 0 radical (unpaired) electrons. The molecule has 5 aliphatic carbocycles. The van der Waals surface area contributed by atoms with Gasteiger partial charge < -0.3 is 5.32 Å². The fourth-order valence-corrected chi connectivity index (χ4v) is 6.97. The first kappa shape index (κ1) is 15.9. The second-order valence-corrected chi connectivity index (χ2v) is 9.46. The van der Waals surface area contributed by atoms with Crippen LogP contribution in [0.15, 0.2) is 30.3 Å². The van der Waals surface area contributed by atoms with Crippen molar-refractivity contribution in [3.63, 3.8) is 0 Å². The van der Waals surface area contributed by atoms with Gasteiger partial charge in [-0.3, -0.25) is 0 Å². The lowest BCUT2D eigenvalue weighted by atomic mass is 9.54. The van der Waals surface area contributed by atoms with E-state index in [1.807, 2.05) is 6.07 Å². The van der Waals surface area contributed by atoms with Crippen molar-refractivity contribution in [2.75, 3.05) is 0 Å². The summed E-state index contributed by atoms with van der Waals surface area (Å²) in [6.07, 6.45) is 11.8. The van der Waals surface area contributed by atoms with Crippen molar-refractivity contribution in [2.45, 2.75) is 75.3 Å². The highest BCUT2D eigenvalue weighted by Gasteiger charge is 2.49. The number of rotatable bonds is 3. The summed E-state index contributed by atoms with van der Waals surface area (Å²) >= 11 is 0. The van der Waals surface area contributed by atoms with Crippen molar-refractivity contribution in [2.24, 2.45) is 23.7 Å². The molecule has 0 atom stereocenters. The highest BCUT2D eigenvalue weighted by molar-refractivity contribution is 5.33. The Morgan fingerprint density at radius 1 is 0.880 bits per heavy atom. The molecule has 0 unspecified atom stereocenters. The number of hydrogen-bond acceptors (Lipinski definition) is 2. The van der Waals surface area contributed by atoms with Crippen LogP contribution in [-0.4, -0.2) is 12.1 Å². The molecular formula is C23H30N2. The van der Waals surface area contributed by atoms with E-state index >= 15 is 0 Å². The number of hydrogen-bond donors (Lipinski definition) is 1. The molecule has 5 aliphatic rings. The molecule has 0 aliphatic heterocycles. The van der Waals surface area contributed by atoms with Crippen molar-refractivity contribution in [3.8, 4) is 6.07 Å². The third-order valence-corrected chi connectivity index (χ3v) is 8.03. The normalized spacial score (nSPS) is 45.2. The van der Waals surface area contributed by atoms with E-state index in [0.29, 0.717) is 6.04 Å². The van der Waals surface area contributed by atoms with Crippen LogP contribution in [0.25, 0.3) is 0 Å². The third-order valence-electron chi connectivity index (χ3n) is 8.03.